The smallest absolute Gasteiger partial charge is 0.328 e. The van der Waals surface area contributed by atoms with E-state index in [2.05, 4.69) is 0 Å². The van der Waals surface area contributed by atoms with Crippen molar-refractivity contribution in [3.63, 3.8) is 0 Å². The molecule has 1 unspecified atom stereocenters. The molecule has 0 aromatic heterocycles. The summed E-state index contributed by atoms with van der Waals surface area (Å²) in [7, 11) is -2.54. The van der Waals surface area contributed by atoms with Gasteiger partial charge in [0.1, 0.15) is 11.5 Å². The van der Waals surface area contributed by atoms with Crippen molar-refractivity contribution >= 4 is 16.1 Å². The fraction of sp³-hybridized carbons (Fsp3) is 0.417. The van der Waals surface area contributed by atoms with Crippen LogP contribution in [0.4, 0.5) is 0 Å². The Morgan fingerprint density at radius 2 is 2.21 bits per heavy atom. The topological polar surface area (TPSA) is 78.9 Å². The van der Waals surface area contributed by atoms with Gasteiger partial charge >= 0.3 is 16.1 Å². The minimum Gasteiger partial charge on any atom is -0.497 e. The van der Waals surface area contributed by atoms with Crippen molar-refractivity contribution < 1.29 is 26.9 Å². The van der Waals surface area contributed by atoms with Gasteiger partial charge in [-0.25, -0.2) is 0 Å². The Hall–Kier alpha value is -1.76. The highest BCUT2D eigenvalue weighted by Gasteiger charge is 2.40. The van der Waals surface area contributed by atoms with Crippen LogP contribution in [0.3, 0.4) is 0 Å². The lowest BCUT2D eigenvalue weighted by atomic mass is 10.1. The molecule has 0 spiro atoms. The van der Waals surface area contributed by atoms with Crippen LogP contribution in [-0.4, -0.2) is 33.4 Å². The summed E-state index contributed by atoms with van der Waals surface area (Å²) in [5, 5.41) is -1.31. The number of esters is 1. The maximum Gasteiger partial charge on any atom is 0.328 e. The van der Waals surface area contributed by atoms with Gasteiger partial charge in [0.2, 0.25) is 0 Å². The molecule has 0 saturated heterocycles. The number of ether oxygens (including phenoxy) is 2. The van der Waals surface area contributed by atoms with Crippen LogP contribution in [0.2, 0.25) is 0 Å². The number of rotatable bonds is 3. The van der Waals surface area contributed by atoms with Crippen LogP contribution in [0.5, 0.6) is 11.5 Å². The molecule has 0 bridgehead atoms. The summed E-state index contributed by atoms with van der Waals surface area (Å²) in [6.07, 6.45) is 0.0422. The zero-order valence-corrected chi connectivity index (χ0v) is 11.4. The molecule has 1 aromatic rings. The minimum atomic E-state index is -4.01. The molecule has 6 nitrogen and oxygen atoms in total. The van der Waals surface area contributed by atoms with Gasteiger partial charge < -0.3 is 13.7 Å². The van der Waals surface area contributed by atoms with Gasteiger partial charge in [-0.1, -0.05) is 6.07 Å². The van der Waals surface area contributed by atoms with Crippen LogP contribution in [0, 0.1) is 0 Å². The van der Waals surface area contributed by atoms with E-state index in [-0.39, 0.29) is 18.8 Å². The van der Waals surface area contributed by atoms with Crippen molar-refractivity contribution in [2.45, 2.75) is 18.6 Å². The molecule has 2 rings (SSSR count). The Morgan fingerprint density at radius 1 is 1.47 bits per heavy atom. The molecule has 0 saturated carbocycles. The lowest BCUT2D eigenvalue weighted by Gasteiger charge is -2.23. The maximum absolute atomic E-state index is 11.9. The number of hydrogen-bond acceptors (Lipinski definition) is 6. The van der Waals surface area contributed by atoms with Gasteiger partial charge in [-0.15, -0.1) is 0 Å². The van der Waals surface area contributed by atoms with Gasteiger partial charge in [-0.05, 0) is 18.6 Å². The first-order valence-corrected chi connectivity index (χ1v) is 7.22. The number of carbonyl (C=O) groups is 1. The van der Waals surface area contributed by atoms with Crippen LogP contribution < -0.4 is 8.92 Å². The number of benzene rings is 1. The minimum absolute atomic E-state index is 0.0422. The van der Waals surface area contributed by atoms with Crippen molar-refractivity contribution in [2.24, 2.45) is 0 Å². The third-order valence-electron chi connectivity index (χ3n) is 2.78. The van der Waals surface area contributed by atoms with E-state index in [0.29, 0.717) is 11.3 Å². The van der Waals surface area contributed by atoms with Crippen molar-refractivity contribution in [3.8, 4) is 11.5 Å². The summed E-state index contributed by atoms with van der Waals surface area (Å²) in [5.74, 6) is -0.104. The van der Waals surface area contributed by atoms with E-state index in [4.69, 9.17) is 13.7 Å². The second kappa shape index (κ2) is 5.08. The third kappa shape index (κ3) is 2.65. The van der Waals surface area contributed by atoms with Crippen LogP contribution in [0.15, 0.2) is 18.2 Å². The first-order chi connectivity index (χ1) is 8.97. The third-order valence-corrected chi connectivity index (χ3v) is 4.25. The van der Waals surface area contributed by atoms with Gasteiger partial charge in [0.05, 0.1) is 13.7 Å². The van der Waals surface area contributed by atoms with E-state index >= 15 is 0 Å². The molecule has 7 heteroatoms. The van der Waals surface area contributed by atoms with Gasteiger partial charge in [0.25, 0.3) is 0 Å². The molecule has 0 radical (unpaired) electrons. The van der Waals surface area contributed by atoms with Crippen LogP contribution in [-0.2, 0) is 26.1 Å². The fourth-order valence-corrected chi connectivity index (χ4v) is 3.04. The van der Waals surface area contributed by atoms with Crippen LogP contribution >= 0.6 is 0 Å². The fourth-order valence-electron chi connectivity index (χ4n) is 1.83. The molecular formula is C12H14O6S. The number of carbonyl (C=O) groups excluding carboxylic acids is 1. The number of hydrogen-bond donors (Lipinski definition) is 0. The van der Waals surface area contributed by atoms with Crippen LogP contribution in [0.1, 0.15) is 12.5 Å². The highest BCUT2D eigenvalue weighted by Crippen LogP contribution is 2.33. The normalized spacial score (nSPS) is 20.0. The molecule has 19 heavy (non-hydrogen) atoms. The summed E-state index contributed by atoms with van der Waals surface area (Å²) in [4.78, 5) is 11.6. The molecule has 0 N–H and O–H groups in total. The summed E-state index contributed by atoms with van der Waals surface area (Å²) in [6.45, 7) is 1.74. The van der Waals surface area contributed by atoms with Crippen molar-refractivity contribution in [3.05, 3.63) is 23.8 Å². The molecule has 0 aliphatic carbocycles. The molecule has 1 aliphatic heterocycles. The lowest BCUT2D eigenvalue weighted by molar-refractivity contribution is -0.142. The van der Waals surface area contributed by atoms with E-state index in [9.17, 15) is 13.2 Å². The maximum atomic E-state index is 11.9. The van der Waals surface area contributed by atoms with Gasteiger partial charge in [0, 0.05) is 12.5 Å². The highest BCUT2D eigenvalue weighted by molar-refractivity contribution is 7.88. The average molecular weight is 286 g/mol. The Balaban J connectivity index is 2.36. The van der Waals surface area contributed by atoms with Gasteiger partial charge in [-0.2, -0.15) is 8.42 Å². The summed E-state index contributed by atoms with van der Waals surface area (Å²) < 4.78 is 38.5. The average Bonchev–Trinajstić information content (AvgIpc) is 2.36. The second-order valence-electron chi connectivity index (χ2n) is 3.99. The Morgan fingerprint density at radius 3 is 2.84 bits per heavy atom. The van der Waals surface area contributed by atoms with E-state index in [1.165, 1.54) is 13.2 Å². The largest absolute Gasteiger partial charge is 0.497 e. The highest BCUT2D eigenvalue weighted by atomic mass is 32.2. The SMILES string of the molecule is CCOC(=O)C1Cc2ccc(OC)cc2OS1(=O)=O. The molecular weight excluding hydrogens is 272 g/mol. The molecule has 1 heterocycles. The molecule has 1 aromatic carbocycles. The Kier molecular flexibility index (Phi) is 3.66. The zero-order chi connectivity index (χ0) is 14.0. The molecule has 0 fully saturated rings. The lowest BCUT2D eigenvalue weighted by Crippen LogP contribution is -2.39. The molecule has 0 amide bonds. The van der Waals surface area contributed by atoms with E-state index in [1.807, 2.05) is 0 Å². The summed E-state index contributed by atoms with van der Waals surface area (Å²) >= 11 is 0. The Labute approximate surface area is 111 Å². The monoisotopic (exact) mass is 286 g/mol. The number of methoxy groups -OCH3 is 1. The van der Waals surface area contributed by atoms with E-state index in [1.54, 1.807) is 19.1 Å². The first-order valence-electron chi connectivity index (χ1n) is 5.74. The summed E-state index contributed by atoms with van der Waals surface area (Å²) in [6, 6.07) is 4.84. The van der Waals surface area contributed by atoms with Gasteiger partial charge in [0.15, 0.2) is 5.25 Å². The first kappa shape index (κ1) is 13.7. The van der Waals surface area contributed by atoms with Crippen LogP contribution in [0.25, 0.3) is 0 Å². The van der Waals surface area contributed by atoms with E-state index in [0.717, 1.165) is 0 Å². The second-order valence-corrected chi connectivity index (χ2v) is 5.72. The number of fused-ring (bicyclic) bond motifs is 1. The molecule has 104 valence electrons. The summed E-state index contributed by atoms with van der Waals surface area (Å²) in [5.41, 5.74) is 0.633. The predicted octanol–water partition coefficient (Wildman–Crippen LogP) is 0.892. The van der Waals surface area contributed by atoms with E-state index < -0.39 is 21.3 Å². The van der Waals surface area contributed by atoms with Crippen molar-refractivity contribution in [2.75, 3.05) is 13.7 Å². The standard InChI is InChI=1S/C12H14O6S/c1-3-17-12(13)11-6-8-4-5-9(16-2)7-10(8)18-19(11,14)15/h4-5,7,11H,3,6H2,1-2H3. The molecule has 1 aliphatic rings. The van der Waals surface area contributed by atoms with Crippen molar-refractivity contribution in [1.82, 2.24) is 0 Å². The molecule has 1 atom stereocenters. The predicted molar refractivity (Wildman–Crippen MR) is 66.7 cm³/mol. The quantitative estimate of drug-likeness (QED) is 0.606. The zero-order valence-electron chi connectivity index (χ0n) is 10.6. The Bertz CT molecular complexity index is 592. The van der Waals surface area contributed by atoms with Crippen molar-refractivity contribution in [1.29, 1.82) is 0 Å². The van der Waals surface area contributed by atoms with Gasteiger partial charge in [-0.3, -0.25) is 4.79 Å².